The van der Waals surface area contributed by atoms with Crippen LogP contribution < -0.4 is 0 Å². The van der Waals surface area contributed by atoms with Crippen LogP contribution in [0.1, 0.15) is 17.7 Å². The zero-order chi connectivity index (χ0) is 12.5. The standard InChI is InChI=1S/C7H2ClF2IN2O2S/c8-16(14,15)4-2-13-3(1-12)6(11)5(4)7(9)10/h2,7H. The third-order valence-electron chi connectivity index (χ3n) is 1.61. The number of nitrogens with zero attached hydrogens (tertiary/aromatic N) is 2. The van der Waals surface area contributed by atoms with Crippen LogP contribution in [-0.4, -0.2) is 13.4 Å². The SMILES string of the molecule is N#Cc1ncc(S(=O)(=O)Cl)c(C(F)F)c1I. The minimum absolute atomic E-state index is 0.211. The van der Waals surface area contributed by atoms with Gasteiger partial charge in [-0.25, -0.2) is 22.2 Å². The molecule has 0 bridgehead atoms. The molecule has 9 heteroatoms. The van der Waals surface area contributed by atoms with Gasteiger partial charge in [-0.3, -0.25) is 0 Å². The van der Waals surface area contributed by atoms with E-state index in [0.717, 1.165) is 0 Å². The molecule has 0 saturated heterocycles. The third kappa shape index (κ3) is 2.58. The van der Waals surface area contributed by atoms with Gasteiger partial charge in [-0.1, -0.05) is 0 Å². The highest BCUT2D eigenvalue weighted by molar-refractivity contribution is 14.1. The number of alkyl halides is 2. The molecule has 16 heavy (non-hydrogen) atoms. The van der Waals surface area contributed by atoms with E-state index in [-0.39, 0.29) is 9.26 Å². The van der Waals surface area contributed by atoms with E-state index in [1.165, 1.54) is 22.6 Å². The largest absolute Gasteiger partial charge is 0.266 e. The molecule has 0 aliphatic heterocycles. The van der Waals surface area contributed by atoms with Gasteiger partial charge in [-0.2, -0.15) is 5.26 Å². The monoisotopic (exact) mass is 378 g/mol. The second-order valence-corrected chi connectivity index (χ2v) is 6.16. The van der Waals surface area contributed by atoms with Crippen molar-refractivity contribution in [2.75, 3.05) is 0 Å². The Hall–Kier alpha value is -0.530. The highest BCUT2D eigenvalue weighted by Crippen LogP contribution is 2.33. The Morgan fingerprint density at radius 1 is 1.56 bits per heavy atom. The molecule has 86 valence electrons. The molecule has 0 fully saturated rings. The van der Waals surface area contributed by atoms with Gasteiger partial charge in [0, 0.05) is 16.9 Å². The number of halogens is 4. The van der Waals surface area contributed by atoms with Crippen molar-refractivity contribution in [1.82, 2.24) is 4.98 Å². The summed E-state index contributed by atoms with van der Waals surface area (Å²) in [6.45, 7) is 0. The third-order valence-corrected chi connectivity index (χ3v) is 4.05. The first-order chi connectivity index (χ1) is 7.29. The molecule has 4 nitrogen and oxygen atoms in total. The normalized spacial score (nSPS) is 11.5. The average Bonchev–Trinajstić information content (AvgIpc) is 2.15. The molecule has 1 rings (SSSR count). The predicted molar refractivity (Wildman–Crippen MR) is 59.7 cm³/mol. The zero-order valence-electron chi connectivity index (χ0n) is 7.29. The maximum atomic E-state index is 12.7. The fraction of sp³-hybridized carbons (Fsp3) is 0.143. The first kappa shape index (κ1) is 13.5. The second kappa shape index (κ2) is 4.77. The van der Waals surface area contributed by atoms with Crippen molar-refractivity contribution in [2.45, 2.75) is 11.3 Å². The van der Waals surface area contributed by atoms with Crippen molar-refractivity contribution in [3.8, 4) is 6.07 Å². The summed E-state index contributed by atoms with van der Waals surface area (Å²) in [4.78, 5) is 2.67. The first-order valence-corrected chi connectivity index (χ1v) is 6.99. The van der Waals surface area contributed by atoms with Gasteiger partial charge in [0.15, 0.2) is 5.69 Å². The lowest BCUT2D eigenvalue weighted by Gasteiger charge is -2.08. The van der Waals surface area contributed by atoms with Crippen LogP contribution >= 0.6 is 33.3 Å². The van der Waals surface area contributed by atoms with Gasteiger partial charge in [0.2, 0.25) is 0 Å². The lowest BCUT2D eigenvalue weighted by molar-refractivity contribution is 0.146. The van der Waals surface area contributed by atoms with Crippen LogP contribution in [0.4, 0.5) is 8.78 Å². The Balaban J connectivity index is 3.69. The molecule has 1 aromatic rings. The van der Waals surface area contributed by atoms with Gasteiger partial charge in [0.1, 0.15) is 11.0 Å². The molecule has 0 saturated carbocycles. The molecule has 0 radical (unpaired) electrons. The van der Waals surface area contributed by atoms with E-state index in [1.807, 2.05) is 0 Å². The highest BCUT2D eigenvalue weighted by Gasteiger charge is 2.26. The molecule has 0 N–H and O–H groups in total. The topological polar surface area (TPSA) is 70.8 Å². The van der Waals surface area contributed by atoms with Crippen LogP contribution in [0.5, 0.6) is 0 Å². The summed E-state index contributed by atoms with van der Waals surface area (Å²) in [5.41, 5.74) is -1.05. The van der Waals surface area contributed by atoms with E-state index >= 15 is 0 Å². The molecule has 0 aromatic carbocycles. The van der Waals surface area contributed by atoms with Crippen molar-refractivity contribution in [3.05, 3.63) is 21.0 Å². The quantitative estimate of drug-likeness (QED) is 0.585. The van der Waals surface area contributed by atoms with Crippen LogP contribution in [0.3, 0.4) is 0 Å². The molecule has 0 amide bonds. The van der Waals surface area contributed by atoms with Gasteiger partial charge in [-0.15, -0.1) is 0 Å². The van der Waals surface area contributed by atoms with Crippen LogP contribution in [0.2, 0.25) is 0 Å². The maximum Gasteiger partial charge on any atom is 0.266 e. The van der Waals surface area contributed by atoms with E-state index in [9.17, 15) is 17.2 Å². The lowest BCUT2D eigenvalue weighted by Crippen LogP contribution is -2.05. The van der Waals surface area contributed by atoms with E-state index in [2.05, 4.69) is 4.98 Å². The van der Waals surface area contributed by atoms with Crippen LogP contribution in [0, 0.1) is 14.9 Å². The van der Waals surface area contributed by atoms with Gasteiger partial charge in [0.05, 0.1) is 9.13 Å². The summed E-state index contributed by atoms with van der Waals surface area (Å²) in [6.07, 6.45) is -2.39. The first-order valence-electron chi connectivity index (χ1n) is 3.60. The predicted octanol–water partition coefficient (Wildman–Crippen LogP) is 2.42. The number of aromatic nitrogens is 1. The smallest absolute Gasteiger partial charge is 0.243 e. The van der Waals surface area contributed by atoms with E-state index in [0.29, 0.717) is 6.20 Å². The van der Waals surface area contributed by atoms with Gasteiger partial charge in [-0.05, 0) is 22.6 Å². The maximum absolute atomic E-state index is 12.7. The summed E-state index contributed by atoms with van der Waals surface area (Å²) in [5, 5.41) is 8.57. The van der Waals surface area contributed by atoms with Gasteiger partial charge in [0.25, 0.3) is 15.5 Å². The summed E-state index contributed by atoms with van der Waals surface area (Å²) in [5.74, 6) is 0. The molecular weight excluding hydrogens is 377 g/mol. The minimum atomic E-state index is -4.31. The van der Waals surface area contributed by atoms with Crippen molar-refractivity contribution in [2.24, 2.45) is 0 Å². The molecular formula is C7H2ClF2IN2O2S. The second-order valence-electron chi connectivity index (χ2n) is 2.55. The van der Waals surface area contributed by atoms with Crippen molar-refractivity contribution in [3.63, 3.8) is 0 Å². The fourth-order valence-electron chi connectivity index (χ4n) is 0.961. The Morgan fingerprint density at radius 2 is 2.12 bits per heavy atom. The Morgan fingerprint density at radius 3 is 2.50 bits per heavy atom. The van der Waals surface area contributed by atoms with E-state index in [4.69, 9.17) is 15.9 Å². The molecule has 1 heterocycles. The zero-order valence-corrected chi connectivity index (χ0v) is 11.0. The van der Waals surface area contributed by atoms with Crippen molar-refractivity contribution in [1.29, 1.82) is 5.26 Å². The number of hydrogen-bond donors (Lipinski definition) is 0. The summed E-state index contributed by atoms with van der Waals surface area (Å²) in [6, 6.07) is 1.58. The van der Waals surface area contributed by atoms with Crippen molar-refractivity contribution < 1.29 is 17.2 Å². The number of nitriles is 1. The Labute approximate surface area is 108 Å². The average molecular weight is 379 g/mol. The molecule has 0 aliphatic carbocycles. The molecule has 0 aliphatic rings. The fourth-order valence-corrected chi connectivity index (χ4v) is 2.93. The van der Waals surface area contributed by atoms with Gasteiger partial charge < -0.3 is 0 Å². The van der Waals surface area contributed by atoms with E-state index in [1.54, 1.807) is 6.07 Å². The van der Waals surface area contributed by atoms with Crippen molar-refractivity contribution >= 4 is 42.3 Å². The number of rotatable bonds is 2. The van der Waals surface area contributed by atoms with Crippen LogP contribution in [0.25, 0.3) is 0 Å². The molecule has 0 unspecified atom stereocenters. The van der Waals surface area contributed by atoms with E-state index < -0.39 is 25.9 Å². The number of hydrogen-bond acceptors (Lipinski definition) is 4. The lowest BCUT2D eigenvalue weighted by atomic mass is 10.2. The van der Waals surface area contributed by atoms with Crippen LogP contribution in [0.15, 0.2) is 11.1 Å². The number of pyridine rings is 1. The summed E-state index contributed by atoms with van der Waals surface area (Å²) >= 11 is 1.43. The minimum Gasteiger partial charge on any atom is -0.243 e. The Kier molecular flexibility index (Phi) is 4.03. The van der Waals surface area contributed by atoms with Gasteiger partial charge >= 0.3 is 0 Å². The Bertz CT molecular complexity index is 570. The molecule has 0 atom stereocenters. The highest BCUT2D eigenvalue weighted by atomic mass is 127. The van der Waals surface area contributed by atoms with Crippen LogP contribution in [-0.2, 0) is 9.05 Å². The summed E-state index contributed by atoms with van der Waals surface area (Å²) in [7, 11) is 0.677. The molecule has 1 aromatic heterocycles. The molecule has 0 spiro atoms. The summed E-state index contributed by atoms with van der Waals surface area (Å²) < 4.78 is 47.2.